The first-order chi connectivity index (χ1) is 10.3. The number of carbonyl (C=O) groups is 2. The summed E-state index contributed by atoms with van der Waals surface area (Å²) >= 11 is 0. The van der Waals surface area contributed by atoms with Gasteiger partial charge in [0.2, 0.25) is 5.91 Å². The summed E-state index contributed by atoms with van der Waals surface area (Å²) in [6.45, 7) is 4.24. The molecular weight excluding hydrogens is 280 g/mol. The molecule has 1 saturated heterocycles. The molecule has 0 bridgehead atoms. The van der Waals surface area contributed by atoms with E-state index in [1.807, 2.05) is 42.2 Å². The number of likely N-dealkylation sites (tertiary alicyclic amines) is 1. The van der Waals surface area contributed by atoms with Crippen molar-refractivity contribution in [1.29, 1.82) is 0 Å². The van der Waals surface area contributed by atoms with E-state index in [-0.39, 0.29) is 17.9 Å². The lowest BCUT2D eigenvalue weighted by Crippen LogP contribution is -2.46. The predicted octanol–water partition coefficient (Wildman–Crippen LogP) is 2.00. The summed E-state index contributed by atoms with van der Waals surface area (Å²) in [7, 11) is 3.56. The lowest BCUT2D eigenvalue weighted by molar-refractivity contribution is -0.148. The van der Waals surface area contributed by atoms with Crippen LogP contribution >= 0.6 is 0 Å². The monoisotopic (exact) mass is 304 g/mol. The van der Waals surface area contributed by atoms with Gasteiger partial charge in [-0.1, -0.05) is 30.3 Å². The van der Waals surface area contributed by atoms with E-state index < -0.39 is 11.5 Å². The normalized spacial score (nSPS) is 28.5. The molecule has 0 aliphatic carbocycles. The van der Waals surface area contributed by atoms with Crippen molar-refractivity contribution >= 4 is 11.9 Å². The molecule has 1 aliphatic rings. The number of amides is 1. The van der Waals surface area contributed by atoms with Gasteiger partial charge in [0.25, 0.3) is 0 Å². The van der Waals surface area contributed by atoms with E-state index in [1.54, 1.807) is 25.9 Å². The number of hydrogen-bond donors (Lipinski definition) is 1. The first-order valence-electron chi connectivity index (χ1n) is 7.59. The zero-order valence-corrected chi connectivity index (χ0v) is 13.6. The van der Waals surface area contributed by atoms with E-state index in [9.17, 15) is 14.7 Å². The Morgan fingerprint density at radius 1 is 1.36 bits per heavy atom. The van der Waals surface area contributed by atoms with Crippen LogP contribution < -0.4 is 0 Å². The van der Waals surface area contributed by atoms with Crippen LogP contribution in [0.1, 0.15) is 31.9 Å². The highest BCUT2D eigenvalue weighted by Gasteiger charge is 2.54. The third-order valence-corrected chi connectivity index (χ3v) is 4.96. The van der Waals surface area contributed by atoms with Gasteiger partial charge >= 0.3 is 5.97 Å². The van der Waals surface area contributed by atoms with Gasteiger partial charge in [-0.15, -0.1) is 0 Å². The van der Waals surface area contributed by atoms with Crippen molar-refractivity contribution in [2.24, 2.45) is 5.92 Å². The molecule has 2 rings (SSSR count). The molecule has 120 valence electrons. The van der Waals surface area contributed by atoms with E-state index in [0.29, 0.717) is 13.0 Å². The van der Waals surface area contributed by atoms with Crippen LogP contribution in [-0.2, 0) is 9.59 Å². The number of rotatable bonds is 4. The molecule has 0 unspecified atom stereocenters. The van der Waals surface area contributed by atoms with Crippen LogP contribution in [0.25, 0.3) is 0 Å². The first-order valence-corrected chi connectivity index (χ1v) is 7.59. The van der Waals surface area contributed by atoms with E-state index in [2.05, 4.69) is 0 Å². The average Bonchev–Trinajstić information content (AvgIpc) is 2.80. The average molecular weight is 304 g/mol. The fourth-order valence-electron chi connectivity index (χ4n) is 3.27. The molecule has 0 saturated carbocycles. The first kappa shape index (κ1) is 16.5. The van der Waals surface area contributed by atoms with E-state index in [1.165, 1.54) is 0 Å². The zero-order chi connectivity index (χ0) is 16.5. The van der Waals surface area contributed by atoms with Crippen molar-refractivity contribution < 1.29 is 14.7 Å². The lowest BCUT2D eigenvalue weighted by Gasteiger charge is -2.32. The number of benzene rings is 1. The Hall–Kier alpha value is -1.88. The van der Waals surface area contributed by atoms with Gasteiger partial charge in [-0.3, -0.25) is 14.5 Å². The molecule has 22 heavy (non-hydrogen) atoms. The molecule has 0 spiro atoms. The second-order valence-corrected chi connectivity index (χ2v) is 6.21. The van der Waals surface area contributed by atoms with Gasteiger partial charge in [-0.2, -0.15) is 0 Å². The molecule has 1 N–H and O–H groups in total. The Morgan fingerprint density at radius 2 is 1.95 bits per heavy atom. The highest BCUT2D eigenvalue weighted by atomic mass is 16.4. The largest absolute Gasteiger partial charge is 0.480 e. The molecule has 0 radical (unpaired) electrons. The van der Waals surface area contributed by atoms with Crippen LogP contribution in [0.2, 0.25) is 0 Å². The van der Waals surface area contributed by atoms with E-state index >= 15 is 0 Å². The highest BCUT2D eigenvalue weighted by Crippen LogP contribution is 2.46. The molecule has 3 atom stereocenters. The SMILES string of the molecule is CCN(C)C(=O)[C@@H]1C[C@](C)(C(=O)O)N(C)[C@@H]1c1ccccc1. The minimum atomic E-state index is -1.03. The van der Waals surface area contributed by atoms with Crippen LogP contribution in [0, 0.1) is 5.92 Å². The van der Waals surface area contributed by atoms with Crippen molar-refractivity contribution in [3.8, 4) is 0 Å². The molecule has 1 heterocycles. The summed E-state index contributed by atoms with van der Waals surface area (Å²) in [6, 6.07) is 9.46. The Kier molecular flexibility index (Phi) is 4.56. The van der Waals surface area contributed by atoms with E-state index in [0.717, 1.165) is 5.56 Å². The number of likely N-dealkylation sites (N-methyl/N-ethyl adjacent to an activating group) is 1. The van der Waals surface area contributed by atoms with Gasteiger partial charge in [-0.05, 0) is 32.9 Å². The topological polar surface area (TPSA) is 60.9 Å². The fraction of sp³-hybridized carbons (Fsp3) is 0.529. The smallest absolute Gasteiger partial charge is 0.323 e. The molecule has 1 fully saturated rings. The third kappa shape index (κ3) is 2.61. The Bertz CT molecular complexity index is 560. The number of carboxylic acids is 1. The van der Waals surface area contributed by atoms with Gasteiger partial charge in [0, 0.05) is 19.6 Å². The Balaban J connectivity index is 2.45. The predicted molar refractivity (Wildman–Crippen MR) is 84.4 cm³/mol. The van der Waals surface area contributed by atoms with Crippen LogP contribution in [0.4, 0.5) is 0 Å². The van der Waals surface area contributed by atoms with Gasteiger partial charge in [-0.25, -0.2) is 0 Å². The maximum absolute atomic E-state index is 12.7. The summed E-state index contributed by atoms with van der Waals surface area (Å²) < 4.78 is 0. The summed E-state index contributed by atoms with van der Waals surface area (Å²) in [5.41, 5.74) is -0.0482. The van der Waals surface area contributed by atoms with Crippen LogP contribution in [0.5, 0.6) is 0 Å². The summed E-state index contributed by atoms with van der Waals surface area (Å²) in [4.78, 5) is 28.0. The minimum Gasteiger partial charge on any atom is -0.480 e. The number of carboxylic acid groups (broad SMARTS) is 1. The number of aliphatic carboxylic acids is 1. The van der Waals surface area contributed by atoms with Crippen LogP contribution in [0.15, 0.2) is 30.3 Å². The van der Waals surface area contributed by atoms with Gasteiger partial charge in [0.05, 0.1) is 5.92 Å². The molecule has 1 aromatic carbocycles. The van der Waals surface area contributed by atoms with Crippen molar-refractivity contribution in [3.05, 3.63) is 35.9 Å². The van der Waals surface area contributed by atoms with Crippen molar-refractivity contribution in [3.63, 3.8) is 0 Å². The maximum atomic E-state index is 12.7. The Morgan fingerprint density at radius 3 is 2.45 bits per heavy atom. The molecule has 0 aromatic heterocycles. The molecule has 1 amide bonds. The highest BCUT2D eigenvalue weighted by molar-refractivity contribution is 5.85. The van der Waals surface area contributed by atoms with Crippen LogP contribution in [0.3, 0.4) is 0 Å². The Labute approximate surface area is 131 Å². The second-order valence-electron chi connectivity index (χ2n) is 6.21. The molecule has 1 aromatic rings. The zero-order valence-electron chi connectivity index (χ0n) is 13.6. The standard InChI is InChI=1S/C17H24N2O3/c1-5-18(3)15(20)13-11-17(2,16(21)22)19(4)14(13)12-9-7-6-8-10-12/h6-10,13-14H,5,11H2,1-4H3,(H,21,22)/t13-,14-,17-/m1/s1. The van der Waals surface area contributed by atoms with E-state index in [4.69, 9.17) is 0 Å². The van der Waals surface area contributed by atoms with Crippen molar-refractivity contribution in [2.45, 2.75) is 31.8 Å². The fourth-order valence-corrected chi connectivity index (χ4v) is 3.27. The number of carbonyl (C=O) groups excluding carboxylic acids is 1. The van der Waals surface area contributed by atoms with Crippen LogP contribution in [-0.4, -0.2) is 53.0 Å². The van der Waals surface area contributed by atoms with Gasteiger partial charge < -0.3 is 10.0 Å². The van der Waals surface area contributed by atoms with Crippen molar-refractivity contribution in [1.82, 2.24) is 9.80 Å². The summed E-state index contributed by atoms with van der Waals surface area (Å²) in [5.74, 6) is -1.22. The summed E-state index contributed by atoms with van der Waals surface area (Å²) in [5, 5.41) is 9.64. The maximum Gasteiger partial charge on any atom is 0.323 e. The van der Waals surface area contributed by atoms with Gasteiger partial charge in [0.15, 0.2) is 0 Å². The number of hydrogen-bond acceptors (Lipinski definition) is 3. The lowest BCUT2D eigenvalue weighted by atomic mass is 9.89. The molecule has 5 nitrogen and oxygen atoms in total. The minimum absolute atomic E-state index is 0.00757. The quantitative estimate of drug-likeness (QED) is 0.924. The second kappa shape index (κ2) is 6.08. The molecular formula is C17H24N2O3. The molecule has 5 heteroatoms. The third-order valence-electron chi connectivity index (χ3n) is 4.96. The number of nitrogens with zero attached hydrogens (tertiary/aromatic N) is 2. The summed E-state index contributed by atoms with van der Waals surface area (Å²) in [6.07, 6.45) is 0.321. The van der Waals surface area contributed by atoms with Crippen molar-refractivity contribution in [2.75, 3.05) is 20.6 Å². The molecule has 1 aliphatic heterocycles. The van der Waals surface area contributed by atoms with Gasteiger partial charge in [0.1, 0.15) is 5.54 Å².